The number of aromatic nitrogens is 2. The summed E-state index contributed by atoms with van der Waals surface area (Å²) in [6.07, 6.45) is 0. The first-order chi connectivity index (χ1) is 15.0. The first-order valence-electron chi connectivity index (χ1n) is 10.5. The van der Waals surface area contributed by atoms with Gasteiger partial charge in [0, 0.05) is 64.5 Å². The zero-order chi connectivity index (χ0) is 21.8. The van der Waals surface area contributed by atoms with Crippen LogP contribution in [0.25, 0.3) is 0 Å². The number of piperazine rings is 2. The zero-order valence-corrected chi connectivity index (χ0v) is 17.3. The summed E-state index contributed by atoms with van der Waals surface area (Å²) < 4.78 is 26.5. The third-order valence-electron chi connectivity index (χ3n) is 5.81. The van der Waals surface area contributed by atoms with E-state index in [9.17, 15) is 13.6 Å². The predicted octanol–water partition coefficient (Wildman–Crippen LogP) is 0.831. The number of nitrogens with zero attached hydrogens (tertiary/aromatic N) is 6. The van der Waals surface area contributed by atoms with Crippen LogP contribution in [0.2, 0.25) is 0 Å². The van der Waals surface area contributed by atoms with Crippen LogP contribution < -0.4 is 9.80 Å². The van der Waals surface area contributed by atoms with Crippen molar-refractivity contribution in [3.05, 3.63) is 47.5 Å². The van der Waals surface area contributed by atoms with Gasteiger partial charge in [0.2, 0.25) is 0 Å². The molecule has 0 radical (unpaired) electrons. The third-order valence-corrected chi connectivity index (χ3v) is 5.81. The third kappa shape index (κ3) is 4.91. The van der Waals surface area contributed by atoms with Gasteiger partial charge < -0.3 is 19.8 Å². The summed E-state index contributed by atoms with van der Waals surface area (Å²) in [5.74, 6) is -0.701. The van der Waals surface area contributed by atoms with Gasteiger partial charge >= 0.3 is 0 Å². The number of rotatable bonds is 5. The van der Waals surface area contributed by atoms with E-state index in [1.54, 1.807) is 4.90 Å². The number of amides is 1. The maximum atomic E-state index is 13.4. The largest absolute Gasteiger partial charge is 0.395 e. The highest BCUT2D eigenvalue weighted by atomic mass is 19.2. The highest BCUT2D eigenvalue weighted by Crippen LogP contribution is 2.19. The second-order valence-corrected chi connectivity index (χ2v) is 7.71. The average Bonchev–Trinajstić information content (AvgIpc) is 2.81. The number of β-amino-alcohol motifs (C(OH)–C–C–N with tert-alkyl or cyclic N) is 1. The number of aliphatic hydroxyl groups is 1. The van der Waals surface area contributed by atoms with Crippen LogP contribution in [0.3, 0.4) is 0 Å². The van der Waals surface area contributed by atoms with Crippen molar-refractivity contribution in [2.45, 2.75) is 0 Å². The minimum absolute atomic E-state index is 0.149. The number of hydrogen-bond acceptors (Lipinski definition) is 7. The molecule has 0 unspecified atom stereocenters. The maximum Gasteiger partial charge on any atom is 0.254 e. The number of carbonyl (C=O) groups is 1. The van der Waals surface area contributed by atoms with Crippen LogP contribution in [0.15, 0.2) is 30.3 Å². The van der Waals surface area contributed by atoms with Gasteiger partial charge in [0.1, 0.15) is 0 Å². The van der Waals surface area contributed by atoms with Gasteiger partial charge in [-0.25, -0.2) is 8.78 Å². The van der Waals surface area contributed by atoms with Crippen LogP contribution in [0.4, 0.5) is 20.4 Å². The summed E-state index contributed by atoms with van der Waals surface area (Å²) in [4.78, 5) is 20.7. The van der Waals surface area contributed by atoms with Crippen LogP contribution in [0, 0.1) is 11.6 Å². The van der Waals surface area contributed by atoms with E-state index in [0.717, 1.165) is 49.9 Å². The summed E-state index contributed by atoms with van der Waals surface area (Å²) in [6.45, 7) is 6.44. The molecule has 31 heavy (non-hydrogen) atoms. The smallest absolute Gasteiger partial charge is 0.254 e. The van der Waals surface area contributed by atoms with E-state index in [1.807, 2.05) is 12.1 Å². The monoisotopic (exact) mass is 432 g/mol. The molecule has 10 heteroatoms. The highest BCUT2D eigenvalue weighted by molar-refractivity contribution is 5.94. The van der Waals surface area contributed by atoms with E-state index >= 15 is 0 Å². The fourth-order valence-corrected chi connectivity index (χ4v) is 3.95. The Hall–Kier alpha value is -2.85. The number of benzene rings is 1. The van der Waals surface area contributed by atoms with Gasteiger partial charge in [-0.05, 0) is 30.3 Å². The van der Waals surface area contributed by atoms with Gasteiger partial charge in [0.25, 0.3) is 5.91 Å². The van der Waals surface area contributed by atoms with E-state index in [1.165, 1.54) is 6.07 Å². The number of halogens is 2. The van der Waals surface area contributed by atoms with Gasteiger partial charge in [-0.1, -0.05) is 0 Å². The van der Waals surface area contributed by atoms with Crippen LogP contribution in [-0.2, 0) is 0 Å². The molecule has 2 aliphatic heterocycles. The molecule has 2 aromatic rings. The normalized spacial score (nSPS) is 17.8. The molecule has 2 saturated heterocycles. The molecule has 0 bridgehead atoms. The van der Waals surface area contributed by atoms with Gasteiger partial charge in [0.15, 0.2) is 23.3 Å². The van der Waals surface area contributed by atoms with Crippen molar-refractivity contribution in [1.82, 2.24) is 20.0 Å². The molecule has 2 aliphatic rings. The summed E-state index contributed by atoms with van der Waals surface area (Å²) >= 11 is 0. The van der Waals surface area contributed by atoms with E-state index in [0.29, 0.717) is 32.7 Å². The van der Waals surface area contributed by atoms with E-state index in [2.05, 4.69) is 24.9 Å². The van der Waals surface area contributed by atoms with Crippen molar-refractivity contribution in [1.29, 1.82) is 0 Å². The molecule has 1 aromatic carbocycles. The Morgan fingerprint density at radius 3 is 1.94 bits per heavy atom. The Labute approximate surface area is 179 Å². The zero-order valence-electron chi connectivity index (χ0n) is 17.3. The van der Waals surface area contributed by atoms with Gasteiger partial charge in [0.05, 0.1) is 6.61 Å². The first-order valence-corrected chi connectivity index (χ1v) is 10.5. The van der Waals surface area contributed by atoms with E-state index in [-0.39, 0.29) is 18.1 Å². The standard InChI is InChI=1S/C21H26F2N6O2/c22-17-2-1-16(15-18(17)23)21(31)29-11-9-28(10-12-29)20-4-3-19(24-25-20)27-7-5-26(6-8-27)13-14-30/h1-4,15,30H,5-14H2. The summed E-state index contributed by atoms with van der Waals surface area (Å²) in [5.41, 5.74) is 0.149. The Bertz CT molecular complexity index is 897. The van der Waals surface area contributed by atoms with Crippen LogP contribution in [-0.4, -0.2) is 96.5 Å². The minimum atomic E-state index is -1.02. The lowest BCUT2D eigenvalue weighted by atomic mass is 10.1. The molecule has 0 saturated carbocycles. The van der Waals surface area contributed by atoms with Crippen LogP contribution in [0.1, 0.15) is 10.4 Å². The fourth-order valence-electron chi connectivity index (χ4n) is 3.95. The van der Waals surface area contributed by atoms with Crippen LogP contribution in [0.5, 0.6) is 0 Å². The second kappa shape index (κ2) is 9.52. The Morgan fingerprint density at radius 1 is 0.839 bits per heavy atom. The molecule has 1 aromatic heterocycles. The van der Waals surface area contributed by atoms with Crippen molar-refractivity contribution in [2.75, 3.05) is 75.3 Å². The number of anilines is 2. The lowest BCUT2D eigenvalue weighted by Crippen LogP contribution is -2.49. The maximum absolute atomic E-state index is 13.4. The topological polar surface area (TPSA) is 76.0 Å². The highest BCUT2D eigenvalue weighted by Gasteiger charge is 2.24. The molecular formula is C21H26F2N6O2. The Morgan fingerprint density at radius 2 is 1.42 bits per heavy atom. The van der Waals surface area contributed by atoms with Crippen molar-refractivity contribution in [2.24, 2.45) is 0 Å². The number of hydrogen-bond donors (Lipinski definition) is 1. The van der Waals surface area contributed by atoms with Crippen molar-refractivity contribution >= 4 is 17.5 Å². The van der Waals surface area contributed by atoms with Crippen LogP contribution >= 0.6 is 0 Å². The number of carbonyl (C=O) groups excluding carboxylic acids is 1. The molecule has 1 amide bonds. The van der Waals surface area contributed by atoms with E-state index < -0.39 is 11.6 Å². The summed E-state index contributed by atoms with van der Waals surface area (Å²) in [5, 5.41) is 17.8. The van der Waals surface area contributed by atoms with Crippen molar-refractivity contribution in [3.63, 3.8) is 0 Å². The molecule has 1 N–H and O–H groups in total. The molecule has 8 nitrogen and oxygen atoms in total. The minimum Gasteiger partial charge on any atom is -0.395 e. The van der Waals surface area contributed by atoms with Crippen molar-refractivity contribution in [3.8, 4) is 0 Å². The fraction of sp³-hybridized carbons (Fsp3) is 0.476. The molecule has 2 fully saturated rings. The van der Waals surface area contributed by atoms with Crippen molar-refractivity contribution < 1.29 is 18.7 Å². The molecule has 166 valence electrons. The molecule has 0 spiro atoms. The number of aliphatic hydroxyl groups excluding tert-OH is 1. The van der Waals surface area contributed by atoms with Gasteiger partial charge in [-0.3, -0.25) is 9.69 Å². The molecular weight excluding hydrogens is 406 g/mol. The first kappa shape index (κ1) is 21.4. The predicted molar refractivity (Wildman–Crippen MR) is 112 cm³/mol. The van der Waals surface area contributed by atoms with Gasteiger partial charge in [-0.2, -0.15) is 0 Å². The summed E-state index contributed by atoms with van der Waals surface area (Å²) in [7, 11) is 0. The lowest BCUT2D eigenvalue weighted by molar-refractivity contribution is 0.0746. The SMILES string of the molecule is O=C(c1ccc(F)c(F)c1)N1CCN(c2ccc(N3CCN(CCO)CC3)nn2)CC1. The lowest BCUT2D eigenvalue weighted by Gasteiger charge is -2.36. The van der Waals surface area contributed by atoms with Gasteiger partial charge in [-0.15, -0.1) is 10.2 Å². The Balaban J connectivity index is 1.31. The van der Waals surface area contributed by atoms with E-state index in [4.69, 9.17) is 5.11 Å². The quantitative estimate of drug-likeness (QED) is 0.750. The molecule has 0 aliphatic carbocycles. The average molecular weight is 432 g/mol. The molecule has 3 heterocycles. The summed E-state index contributed by atoms with van der Waals surface area (Å²) in [6, 6.07) is 7.12. The Kier molecular flexibility index (Phi) is 6.57. The molecule has 4 rings (SSSR count). The molecule has 0 atom stereocenters. The second-order valence-electron chi connectivity index (χ2n) is 7.71.